The molecule has 5 nitrogen and oxygen atoms in total. The lowest BCUT2D eigenvalue weighted by atomic mass is 10.1. The minimum atomic E-state index is 0. The van der Waals surface area contributed by atoms with Crippen molar-refractivity contribution in [1.82, 2.24) is 15.6 Å². The van der Waals surface area contributed by atoms with Gasteiger partial charge >= 0.3 is 0 Å². The molecule has 0 saturated carbocycles. The van der Waals surface area contributed by atoms with Gasteiger partial charge in [0.15, 0.2) is 5.96 Å². The van der Waals surface area contributed by atoms with Gasteiger partial charge in [0.1, 0.15) is 0 Å². The Hall–Kier alpha value is -2.06. The quantitative estimate of drug-likeness (QED) is 0.230. The number of para-hydroxylation sites is 1. The summed E-state index contributed by atoms with van der Waals surface area (Å²) in [7, 11) is 0. The van der Waals surface area contributed by atoms with E-state index in [0.717, 1.165) is 36.6 Å². The zero-order valence-corrected chi connectivity index (χ0v) is 18.8. The number of halogens is 1. The standard InChI is InChI=1S/C22H28N4O.HI/c1-3-23-22(25-14-17-8-4-5-9-18(17)15-27)24-13-12-19-16(2)26-21-11-7-6-10-20(19)21;/h4-11,26-27H,3,12-15H2,1-2H3,(H2,23,24,25);1H. The molecule has 0 saturated heterocycles. The highest BCUT2D eigenvalue weighted by molar-refractivity contribution is 14.0. The maximum absolute atomic E-state index is 9.46. The maximum atomic E-state index is 9.46. The highest BCUT2D eigenvalue weighted by atomic mass is 127. The number of nitrogens with one attached hydrogen (secondary N) is 3. The van der Waals surface area contributed by atoms with Crippen LogP contribution in [0.4, 0.5) is 0 Å². The molecule has 0 spiro atoms. The van der Waals surface area contributed by atoms with Crippen molar-refractivity contribution in [2.75, 3.05) is 13.1 Å². The number of rotatable bonds is 7. The van der Waals surface area contributed by atoms with Gasteiger partial charge < -0.3 is 20.7 Å². The summed E-state index contributed by atoms with van der Waals surface area (Å²) in [5.74, 6) is 0.794. The molecule has 0 fully saturated rings. The molecule has 28 heavy (non-hydrogen) atoms. The van der Waals surface area contributed by atoms with E-state index in [1.54, 1.807) is 0 Å². The number of aliphatic imine (C=N–C) groups is 1. The first kappa shape index (κ1) is 22.2. The first-order valence-corrected chi connectivity index (χ1v) is 9.49. The number of aromatic nitrogens is 1. The lowest BCUT2D eigenvalue weighted by molar-refractivity contribution is 0.280. The van der Waals surface area contributed by atoms with E-state index in [0.29, 0.717) is 6.54 Å². The highest BCUT2D eigenvalue weighted by Crippen LogP contribution is 2.21. The Labute approximate surface area is 183 Å². The molecule has 3 rings (SSSR count). The van der Waals surface area contributed by atoms with Crippen molar-refractivity contribution in [1.29, 1.82) is 0 Å². The number of hydrogen-bond acceptors (Lipinski definition) is 2. The first-order valence-electron chi connectivity index (χ1n) is 9.49. The molecule has 0 bridgehead atoms. The van der Waals surface area contributed by atoms with Crippen molar-refractivity contribution >= 4 is 40.8 Å². The summed E-state index contributed by atoms with van der Waals surface area (Å²) >= 11 is 0. The van der Waals surface area contributed by atoms with Crippen LogP contribution in [0.1, 0.15) is 29.3 Å². The molecule has 0 atom stereocenters. The van der Waals surface area contributed by atoms with Gasteiger partial charge in [0.2, 0.25) is 0 Å². The van der Waals surface area contributed by atoms with Crippen LogP contribution < -0.4 is 10.6 Å². The number of aliphatic hydroxyl groups is 1. The molecule has 1 heterocycles. The van der Waals surface area contributed by atoms with Crippen molar-refractivity contribution < 1.29 is 5.11 Å². The molecule has 4 N–H and O–H groups in total. The molecular weight excluding hydrogens is 463 g/mol. The average Bonchev–Trinajstić information content (AvgIpc) is 3.01. The van der Waals surface area contributed by atoms with E-state index in [2.05, 4.69) is 58.7 Å². The summed E-state index contributed by atoms with van der Waals surface area (Å²) in [4.78, 5) is 8.12. The summed E-state index contributed by atoms with van der Waals surface area (Å²) < 4.78 is 0. The molecule has 1 aromatic heterocycles. The predicted octanol–water partition coefficient (Wildman–Crippen LogP) is 3.88. The lowest BCUT2D eigenvalue weighted by Gasteiger charge is -2.12. The summed E-state index contributed by atoms with van der Waals surface area (Å²) in [6, 6.07) is 16.3. The SMILES string of the molecule is CCNC(=NCc1ccccc1CO)NCCc1c(C)[nH]c2ccccc12.I. The lowest BCUT2D eigenvalue weighted by Crippen LogP contribution is -2.38. The van der Waals surface area contributed by atoms with Gasteiger partial charge in [0, 0.05) is 29.7 Å². The van der Waals surface area contributed by atoms with Crippen LogP contribution in [0.5, 0.6) is 0 Å². The Morgan fingerprint density at radius 2 is 1.75 bits per heavy atom. The summed E-state index contributed by atoms with van der Waals surface area (Å²) in [6.07, 6.45) is 0.924. The van der Waals surface area contributed by atoms with Gasteiger partial charge in [0.25, 0.3) is 0 Å². The van der Waals surface area contributed by atoms with Crippen molar-refractivity contribution in [3.63, 3.8) is 0 Å². The zero-order valence-electron chi connectivity index (χ0n) is 16.5. The fraction of sp³-hybridized carbons (Fsp3) is 0.318. The summed E-state index contributed by atoms with van der Waals surface area (Å²) in [5.41, 5.74) is 5.72. The average molecular weight is 492 g/mol. The topological polar surface area (TPSA) is 72.4 Å². The monoisotopic (exact) mass is 492 g/mol. The molecule has 150 valence electrons. The van der Waals surface area contributed by atoms with Crippen LogP contribution >= 0.6 is 24.0 Å². The Balaban J connectivity index is 0.00000280. The number of aliphatic hydroxyl groups excluding tert-OH is 1. The molecular formula is C22H29IN4O. The molecule has 0 aliphatic rings. The van der Waals surface area contributed by atoms with Crippen LogP contribution in [0.15, 0.2) is 53.5 Å². The molecule has 0 aliphatic heterocycles. The van der Waals surface area contributed by atoms with E-state index in [9.17, 15) is 5.11 Å². The van der Waals surface area contributed by atoms with Crippen LogP contribution in [0.3, 0.4) is 0 Å². The summed E-state index contributed by atoms with van der Waals surface area (Å²) in [6.45, 7) is 6.37. The number of benzene rings is 2. The number of nitrogens with zero attached hydrogens (tertiary/aromatic N) is 1. The van der Waals surface area contributed by atoms with Gasteiger partial charge in [-0.3, -0.25) is 0 Å². The second-order valence-corrected chi connectivity index (χ2v) is 6.57. The van der Waals surface area contributed by atoms with Crippen LogP contribution in [0.25, 0.3) is 10.9 Å². The van der Waals surface area contributed by atoms with E-state index in [-0.39, 0.29) is 30.6 Å². The van der Waals surface area contributed by atoms with Crippen molar-refractivity contribution in [3.8, 4) is 0 Å². The third-order valence-electron chi connectivity index (χ3n) is 4.73. The van der Waals surface area contributed by atoms with E-state index >= 15 is 0 Å². The normalized spacial score (nSPS) is 11.3. The fourth-order valence-corrected chi connectivity index (χ4v) is 3.33. The number of guanidine groups is 1. The third kappa shape index (κ3) is 5.48. The Bertz CT molecular complexity index is 920. The highest BCUT2D eigenvalue weighted by Gasteiger charge is 2.08. The largest absolute Gasteiger partial charge is 0.392 e. The molecule has 0 aliphatic carbocycles. The van der Waals surface area contributed by atoms with Crippen molar-refractivity contribution in [2.45, 2.75) is 33.4 Å². The van der Waals surface area contributed by atoms with Crippen LogP contribution in [0, 0.1) is 6.92 Å². The van der Waals surface area contributed by atoms with Crippen LogP contribution in [0.2, 0.25) is 0 Å². The van der Waals surface area contributed by atoms with Gasteiger partial charge in [-0.1, -0.05) is 42.5 Å². The molecule has 3 aromatic rings. The van der Waals surface area contributed by atoms with E-state index in [4.69, 9.17) is 0 Å². The number of fused-ring (bicyclic) bond motifs is 1. The maximum Gasteiger partial charge on any atom is 0.191 e. The zero-order chi connectivity index (χ0) is 19.1. The minimum absolute atomic E-state index is 0. The van der Waals surface area contributed by atoms with Crippen molar-refractivity contribution in [3.05, 3.63) is 70.9 Å². The molecule has 6 heteroatoms. The molecule has 0 amide bonds. The van der Waals surface area contributed by atoms with Crippen LogP contribution in [-0.2, 0) is 19.6 Å². The number of aromatic amines is 1. The second kappa shape index (κ2) is 11.1. The third-order valence-corrected chi connectivity index (χ3v) is 4.73. The Morgan fingerprint density at radius 1 is 1.04 bits per heavy atom. The smallest absolute Gasteiger partial charge is 0.191 e. The van der Waals surface area contributed by atoms with Crippen molar-refractivity contribution in [2.24, 2.45) is 4.99 Å². The van der Waals surface area contributed by atoms with Gasteiger partial charge in [-0.15, -0.1) is 24.0 Å². The summed E-state index contributed by atoms with van der Waals surface area (Å²) in [5, 5.41) is 17.5. The fourth-order valence-electron chi connectivity index (χ4n) is 3.33. The van der Waals surface area contributed by atoms with E-state index in [1.165, 1.54) is 22.2 Å². The van der Waals surface area contributed by atoms with Gasteiger partial charge in [-0.2, -0.15) is 0 Å². The molecule has 0 unspecified atom stereocenters. The van der Waals surface area contributed by atoms with Gasteiger partial charge in [0.05, 0.1) is 13.2 Å². The van der Waals surface area contributed by atoms with E-state index < -0.39 is 0 Å². The van der Waals surface area contributed by atoms with Gasteiger partial charge in [-0.25, -0.2) is 4.99 Å². The number of hydrogen-bond donors (Lipinski definition) is 4. The number of aryl methyl sites for hydroxylation is 1. The molecule has 0 radical (unpaired) electrons. The number of H-pyrrole nitrogens is 1. The molecule has 2 aromatic carbocycles. The predicted molar refractivity (Wildman–Crippen MR) is 127 cm³/mol. The second-order valence-electron chi connectivity index (χ2n) is 6.57. The van der Waals surface area contributed by atoms with Gasteiger partial charge in [-0.05, 0) is 43.0 Å². The van der Waals surface area contributed by atoms with Crippen LogP contribution in [-0.4, -0.2) is 29.1 Å². The Morgan fingerprint density at radius 3 is 2.50 bits per heavy atom. The Kier molecular flexibility index (Phi) is 8.79. The minimum Gasteiger partial charge on any atom is -0.392 e. The van der Waals surface area contributed by atoms with E-state index in [1.807, 2.05) is 24.3 Å². The first-order chi connectivity index (χ1) is 13.2.